The second-order valence-corrected chi connectivity index (χ2v) is 6.73. The number of hydrogen-bond donors (Lipinski definition) is 1. The number of aromatic nitrogens is 1. The molecule has 0 saturated carbocycles. The van der Waals surface area contributed by atoms with Crippen molar-refractivity contribution in [1.82, 2.24) is 14.8 Å². The quantitative estimate of drug-likeness (QED) is 0.871. The fraction of sp³-hybridized carbons (Fsp3) is 0.429. The largest absolute Gasteiger partial charge is 0.392 e. The van der Waals surface area contributed by atoms with E-state index in [1.807, 2.05) is 6.07 Å². The highest BCUT2D eigenvalue weighted by Crippen LogP contribution is 2.22. The summed E-state index contributed by atoms with van der Waals surface area (Å²) in [5.41, 5.74) is 6.70. The molecule has 0 bridgehead atoms. The maximum absolute atomic E-state index is 5.59. The molecule has 6 heteroatoms. The van der Waals surface area contributed by atoms with Crippen LogP contribution in [0.15, 0.2) is 24.3 Å². The molecule has 20 heavy (non-hydrogen) atoms. The lowest BCUT2D eigenvalue weighted by molar-refractivity contribution is 0.140. The Balaban J connectivity index is 1.58. The van der Waals surface area contributed by atoms with Gasteiger partial charge in [0.25, 0.3) is 0 Å². The Bertz CT molecular complexity index is 569. The van der Waals surface area contributed by atoms with Crippen LogP contribution in [0.5, 0.6) is 0 Å². The molecule has 1 aromatic carbocycles. The lowest BCUT2D eigenvalue weighted by atomic mass is 10.3. The molecule has 1 fully saturated rings. The number of nitrogens with two attached hydrogens (primary N) is 1. The molecule has 2 heterocycles. The lowest BCUT2D eigenvalue weighted by Gasteiger charge is -2.33. The van der Waals surface area contributed by atoms with Crippen molar-refractivity contribution in [3.05, 3.63) is 29.3 Å². The Kier molecular flexibility index (Phi) is 4.26. The molecule has 3 rings (SSSR count). The van der Waals surface area contributed by atoms with Crippen molar-refractivity contribution in [1.29, 1.82) is 0 Å². The Morgan fingerprint density at radius 2 is 1.90 bits per heavy atom. The highest BCUT2D eigenvalue weighted by Gasteiger charge is 2.18. The Hall–Kier alpha value is -1.08. The summed E-state index contributed by atoms with van der Waals surface area (Å²) >= 11 is 6.76. The minimum absolute atomic E-state index is 0.588. The van der Waals surface area contributed by atoms with E-state index in [1.54, 1.807) is 11.3 Å². The van der Waals surface area contributed by atoms with Crippen molar-refractivity contribution in [2.24, 2.45) is 5.73 Å². The van der Waals surface area contributed by atoms with Crippen LogP contribution in [-0.4, -0.2) is 52.5 Å². The summed E-state index contributed by atoms with van der Waals surface area (Å²) in [5.74, 6) is 0. The first-order valence-electron chi connectivity index (χ1n) is 6.78. The molecule has 1 aromatic heterocycles. The highest BCUT2D eigenvalue weighted by molar-refractivity contribution is 7.80. The molecule has 2 aromatic rings. The zero-order valence-electron chi connectivity index (χ0n) is 11.3. The minimum atomic E-state index is 0.588. The molecule has 0 unspecified atom stereocenters. The van der Waals surface area contributed by atoms with Crippen molar-refractivity contribution in [2.75, 3.05) is 32.7 Å². The SMILES string of the molecule is NC(=S)CN1CCN(Cc2nc3ccccc3s2)CC1. The number of hydrogen-bond acceptors (Lipinski definition) is 5. The molecular formula is C14H18N4S2. The van der Waals surface area contributed by atoms with Crippen molar-refractivity contribution >= 4 is 38.8 Å². The average Bonchev–Trinajstić information content (AvgIpc) is 2.82. The van der Waals surface area contributed by atoms with Crippen LogP contribution < -0.4 is 5.73 Å². The molecule has 106 valence electrons. The van der Waals surface area contributed by atoms with E-state index in [0.717, 1.165) is 44.8 Å². The van der Waals surface area contributed by atoms with E-state index in [0.29, 0.717) is 4.99 Å². The van der Waals surface area contributed by atoms with Gasteiger partial charge in [0.1, 0.15) is 5.01 Å². The van der Waals surface area contributed by atoms with Gasteiger partial charge in [0.15, 0.2) is 0 Å². The first kappa shape index (κ1) is 13.9. The predicted octanol–water partition coefficient (Wildman–Crippen LogP) is 1.70. The van der Waals surface area contributed by atoms with Crippen LogP contribution in [-0.2, 0) is 6.54 Å². The lowest BCUT2D eigenvalue weighted by Crippen LogP contribution is -2.48. The van der Waals surface area contributed by atoms with Crippen molar-refractivity contribution in [3.8, 4) is 0 Å². The molecule has 2 N–H and O–H groups in total. The second kappa shape index (κ2) is 6.13. The van der Waals surface area contributed by atoms with E-state index in [4.69, 9.17) is 22.9 Å². The van der Waals surface area contributed by atoms with Gasteiger partial charge < -0.3 is 5.73 Å². The molecule has 1 aliphatic heterocycles. The third-order valence-electron chi connectivity index (χ3n) is 3.54. The van der Waals surface area contributed by atoms with Gasteiger partial charge in [-0.3, -0.25) is 9.80 Å². The van der Waals surface area contributed by atoms with Gasteiger partial charge in [-0.1, -0.05) is 24.4 Å². The summed E-state index contributed by atoms with van der Waals surface area (Å²) in [6, 6.07) is 8.32. The summed E-state index contributed by atoms with van der Waals surface area (Å²) < 4.78 is 1.27. The Labute approximate surface area is 128 Å². The maximum Gasteiger partial charge on any atom is 0.108 e. The van der Waals surface area contributed by atoms with Crippen molar-refractivity contribution < 1.29 is 0 Å². The maximum atomic E-state index is 5.59. The third kappa shape index (κ3) is 3.32. The smallest absolute Gasteiger partial charge is 0.108 e. The molecule has 1 aliphatic rings. The summed E-state index contributed by atoms with van der Waals surface area (Å²) in [6.07, 6.45) is 0. The fourth-order valence-corrected chi connectivity index (χ4v) is 3.70. The van der Waals surface area contributed by atoms with Crippen molar-refractivity contribution in [3.63, 3.8) is 0 Å². The molecule has 1 saturated heterocycles. The Morgan fingerprint density at radius 3 is 2.60 bits per heavy atom. The zero-order valence-corrected chi connectivity index (χ0v) is 12.9. The van der Waals surface area contributed by atoms with E-state index < -0.39 is 0 Å². The van der Waals surface area contributed by atoms with Gasteiger partial charge >= 0.3 is 0 Å². The minimum Gasteiger partial charge on any atom is -0.392 e. The monoisotopic (exact) mass is 306 g/mol. The zero-order chi connectivity index (χ0) is 13.9. The van der Waals surface area contributed by atoms with Crippen LogP contribution in [0.4, 0.5) is 0 Å². The number of thiazole rings is 1. The molecule has 4 nitrogen and oxygen atoms in total. The van der Waals surface area contributed by atoms with Crippen LogP contribution >= 0.6 is 23.6 Å². The van der Waals surface area contributed by atoms with E-state index >= 15 is 0 Å². The first-order chi connectivity index (χ1) is 9.70. The number of thiocarbonyl (C=S) groups is 1. The standard InChI is InChI=1S/C14H18N4S2/c15-13(19)9-17-5-7-18(8-6-17)10-14-16-11-3-1-2-4-12(11)20-14/h1-4H,5-10H2,(H2,15,19). The summed E-state index contributed by atoms with van der Waals surface area (Å²) in [4.78, 5) is 10.1. The number of nitrogens with zero attached hydrogens (tertiary/aromatic N) is 3. The van der Waals surface area contributed by atoms with Gasteiger partial charge in [0.2, 0.25) is 0 Å². The summed E-state index contributed by atoms with van der Waals surface area (Å²) in [7, 11) is 0. The molecule has 0 spiro atoms. The summed E-state index contributed by atoms with van der Waals surface area (Å²) in [6.45, 7) is 5.85. The highest BCUT2D eigenvalue weighted by atomic mass is 32.1. The van der Waals surface area contributed by atoms with Crippen LogP contribution in [0.1, 0.15) is 5.01 Å². The number of fused-ring (bicyclic) bond motifs is 1. The van der Waals surface area contributed by atoms with Crippen LogP contribution in [0.25, 0.3) is 10.2 Å². The van der Waals surface area contributed by atoms with Crippen LogP contribution in [0.2, 0.25) is 0 Å². The van der Waals surface area contributed by atoms with E-state index in [1.165, 1.54) is 9.71 Å². The number of benzene rings is 1. The summed E-state index contributed by atoms with van der Waals surface area (Å²) in [5, 5.41) is 1.20. The van der Waals surface area contributed by atoms with Gasteiger partial charge in [-0.05, 0) is 12.1 Å². The van der Waals surface area contributed by atoms with Gasteiger partial charge in [-0.15, -0.1) is 11.3 Å². The molecule has 0 amide bonds. The number of piperazine rings is 1. The van der Waals surface area contributed by atoms with Gasteiger partial charge in [-0.2, -0.15) is 0 Å². The van der Waals surface area contributed by atoms with Gasteiger partial charge in [0.05, 0.1) is 21.7 Å². The van der Waals surface area contributed by atoms with E-state index in [2.05, 4.69) is 28.0 Å². The number of rotatable bonds is 4. The molecular weight excluding hydrogens is 288 g/mol. The molecule has 0 atom stereocenters. The average molecular weight is 306 g/mol. The van der Waals surface area contributed by atoms with Gasteiger partial charge in [-0.25, -0.2) is 4.98 Å². The number of para-hydroxylation sites is 1. The Morgan fingerprint density at radius 1 is 1.20 bits per heavy atom. The first-order valence-corrected chi connectivity index (χ1v) is 8.00. The van der Waals surface area contributed by atoms with Gasteiger partial charge in [0, 0.05) is 32.7 Å². The normalized spacial score (nSPS) is 17.6. The molecule has 0 aliphatic carbocycles. The van der Waals surface area contributed by atoms with E-state index in [-0.39, 0.29) is 0 Å². The van der Waals surface area contributed by atoms with Crippen LogP contribution in [0.3, 0.4) is 0 Å². The van der Waals surface area contributed by atoms with Crippen molar-refractivity contribution in [2.45, 2.75) is 6.54 Å². The van der Waals surface area contributed by atoms with E-state index in [9.17, 15) is 0 Å². The topological polar surface area (TPSA) is 45.4 Å². The third-order valence-corrected chi connectivity index (χ3v) is 4.69. The fourth-order valence-electron chi connectivity index (χ4n) is 2.50. The molecule has 0 radical (unpaired) electrons. The van der Waals surface area contributed by atoms with Crippen LogP contribution in [0, 0.1) is 0 Å². The predicted molar refractivity (Wildman–Crippen MR) is 88.1 cm³/mol. The second-order valence-electron chi connectivity index (χ2n) is 5.09.